The SMILES string of the molecule is O=C(O)C(Cl)(Cl)Cl.[O-][Cl+2]([O-])O. The topological polar surface area (TPSA) is 104 Å². The molecule has 68 valence electrons. The number of carbonyl (C=O) groups is 1. The molecule has 9 heteroatoms. The van der Waals surface area contributed by atoms with E-state index in [0.717, 1.165) is 0 Å². The van der Waals surface area contributed by atoms with Crippen molar-refractivity contribution in [3.05, 3.63) is 0 Å². The molecule has 0 heterocycles. The predicted octanol–water partition coefficient (Wildman–Crippen LogP) is -1.49. The van der Waals surface area contributed by atoms with Crippen molar-refractivity contribution in [2.45, 2.75) is 3.79 Å². The summed E-state index contributed by atoms with van der Waals surface area (Å²) < 4.78 is 21.8. The van der Waals surface area contributed by atoms with Crippen LogP contribution in [0.25, 0.3) is 0 Å². The number of carboxylic acid groups (broad SMARTS) is 1. The minimum atomic E-state index is -2.60. The highest BCUT2D eigenvalue weighted by Crippen LogP contribution is 2.25. The van der Waals surface area contributed by atoms with Gasteiger partial charge in [-0.05, 0) is 0 Å². The third-order valence-electron chi connectivity index (χ3n) is 0.243. The first kappa shape index (κ1) is 14.1. The van der Waals surface area contributed by atoms with Gasteiger partial charge in [-0.15, -0.1) is 0 Å². The lowest BCUT2D eigenvalue weighted by molar-refractivity contribution is -1.63. The number of carboxylic acids is 1. The van der Waals surface area contributed by atoms with Gasteiger partial charge in [0.1, 0.15) is 0 Å². The molecule has 0 aromatic rings. The van der Waals surface area contributed by atoms with Crippen LogP contribution in [0.4, 0.5) is 0 Å². The Hall–Kier alpha value is 0.510. The van der Waals surface area contributed by atoms with Crippen LogP contribution < -0.4 is 9.32 Å². The fraction of sp³-hybridized carbons (Fsp3) is 0.500. The van der Waals surface area contributed by atoms with Crippen molar-refractivity contribution in [1.29, 1.82) is 0 Å². The molecule has 0 aliphatic rings. The standard InChI is InChI=1S/C2HCl3O2.ClHO3/c3-2(4,5)1(6)7;2-1(3)4/h(H,6,7);2H. The first-order valence-corrected chi connectivity index (χ1v) is 3.81. The molecule has 0 spiro atoms. The summed E-state index contributed by atoms with van der Waals surface area (Å²) in [5, 5.41) is 7.85. The number of rotatable bonds is 0. The Morgan fingerprint density at radius 2 is 1.45 bits per heavy atom. The maximum absolute atomic E-state index is 9.62. The Morgan fingerprint density at radius 1 is 1.36 bits per heavy atom. The van der Waals surface area contributed by atoms with Gasteiger partial charge < -0.3 is 14.4 Å². The van der Waals surface area contributed by atoms with Crippen molar-refractivity contribution in [3.8, 4) is 0 Å². The maximum Gasteiger partial charge on any atom is 0.356 e. The van der Waals surface area contributed by atoms with Crippen molar-refractivity contribution in [2.75, 3.05) is 0 Å². The van der Waals surface area contributed by atoms with Gasteiger partial charge in [0.15, 0.2) is 0 Å². The predicted molar refractivity (Wildman–Crippen MR) is 30.1 cm³/mol. The molecule has 0 aromatic carbocycles. The van der Waals surface area contributed by atoms with E-state index >= 15 is 0 Å². The molecule has 0 unspecified atom stereocenters. The molecular formula is C2H2Cl4O5. The maximum atomic E-state index is 9.62. The van der Waals surface area contributed by atoms with E-state index in [4.69, 9.17) is 53.9 Å². The summed E-state index contributed by atoms with van der Waals surface area (Å²) in [5.74, 6) is -1.46. The highest BCUT2D eigenvalue weighted by molar-refractivity contribution is 6.75. The van der Waals surface area contributed by atoms with Gasteiger partial charge >= 0.3 is 5.97 Å². The second-order valence-electron chi connectivity index (χ2n) is 1.00. The first-order valence-electron chi connectivity index (χ1n) is 1.72. The lowest BCUT2D eigenvalue weighted by Gasteiger charge is -1.99. The summed E-state index contributed by atoms with van der Waals surface area (Å²) in [5.41, 5.74) is 0. The molecule has 0 rings (SSSR count). The van der Waals surface area contributed by atoms with E-state index in [1.165, 1.54) is 0 Å². The molecule has 0 bridgehead atoms. The minimum absolute atomic E-state index is 1.46. The number of aliphatic carboxylic acids is 1. The number of hydrogen-bond acceptors (Lipinski definition) is 4. The normalized spacial score (nSPS) is 10.5. The second-order valence-corrected chi connectivity index (χ2v) is 3.69. The van der Waals surface area contributed by atoms with Gasteiger partial charge in [-0.3, -0.25) is 0 Å². The summed E-state index contributed by atoms with van der Waals surface area (Å²) in [6, 6.07) is 0. The van der Waals surface area contributed by atoms with Crippen molar-refractivity contribution >= 4 is 40.8 Å². The Kier molecular flexibility index (Phi) is 7.76. The van der Waals surface area contributed by atoms with E-state index in [-0.39, 0.29) is 0 Å². The molecule has 5 nitrogen and oxygen atoms in total. The van der Waals surface area contributed by atoms with Crippen LogP contribution in [-0.2, 0) is 4.79 Å². The molecule has 0 aliphatic carbocycles. The fourth-order valence-electron chi connectivity index (χ4n) is 0. The van der Waals surface area contributed by atoms with Gasteiger partial charge in [0, 0.05) is 4.66 Å². The molecule has 0 atom stereocenters. The van der Waals surface area contributed by atoms with Gasteiger partial charge in [0.25, 0.3) is 14.6 Å². The van der Waals surface area contributed by atoms with E-state index in [1.807, 2.05) is 0 Å². The van der Waals surface area contributed by atoms with Gasteiger partial charge in [-0.1, -0.05) is 34.8 Å². The lowest BCUT2D eigenvalue weighted by atomic mass is 10.8. The van der Waals surface area contributed by atoms with Crippen LogP contribution >= 0.6 is 34.8 Å². The monoisotopic (exact) mass is 246 g/mol. The number of alkyl halides is 3. The lowest BCUT2D eigenvalue weighted by Crippen LogP contribution is -2.30. The second kappa shape index (κ2) is 6.07. The zero-order valence-electron chi connectivity index (χ0n) is 4.63. The smallest absolute Gasteiger partial charge is 0.356 e. The van der Waals surface area contributed by atoms with Gasteiger partial charge in [-0.25, -0.2) is 4.79 Å². The Balaban J connectivity index is 0. The molecule has 0 aromatic heterocycles. The van der Waals surface area contributed by atoms with E-state index in [2.05, 4.69) is 0 Å². The average Bonchev–Trinajstić information content (AvgIpc) is 1.59. The summed E-state index contributed by atoms with van der Waals surface area (Å²) in [6.45, 7) is 0. The number of hydrogen-bond donors (Lipinski definition) is 2. The molecular weight excluding hydrogens is 246 g/mol. The Morgan fingerprint density at radius 3 is 1.45 bits per heavy atom. The quantitative estimate of drug-likeness (QED) is 0.508. The van der Waals surface area contributed by atoms with Crippen molar-refractivity contribution in [3.63, 3.8) is 0 Å². The summed E-state index contributed by atoms with van der Waals surface area (Å²) in [4.78, 5) is 9.62. The molecule has 0 amide bonds. The summed E-state index contributed by atoms with van der Waals surface area (Å²) in [7, 11) is -2.60. The molecule has 0 saturated heterocycles. The van der Waals surface area contributed by atoms with Crippen molar-refractivity contribution in [2.24, 2.45) is 0 Å². The minimum Gasteiger partial charge on any atom is -0.478 e. The third kappa shape index (κ3) is 18.0. The highest BCUT2D eigenvalue weighted by Gasteiger charge is 2.29. The van der Waals surface area contributed by atoms with Crippen LogP contribution in [0.15, 0.2) is 0 Å². The number of halogens is 4. The van der Waals surface area contributed by atoms with Crippen LogP contribution in [0.1, 0.15) is 0 Å². The Bertz CT molecular complexity index is 115. The third-order valence-corrected chi connectivity index (χ3v) is 0.728. The Labute approximate surface area is 79.5 Å². The van der Waals surface area contributed by atoms with E-state index in [1.54, 1.807) is 0 Å². The van der Waals surface area contributed by atoms with Gasteiger partial charge in [0.05, 0.1) is 0 Å². The van der Waals surface area contributed by atoms with Gasteiger partial charge in [-0.2, -0.15) is 0 Å². The zero-order chi connectivity index (χ0) is 9.65. The van der Waals surface area contributed by atoms with Gasteiger partial charge in [0.2, 0.25) is 0 Å². The van der Waals surface area contributed by atoms with Crippen LogP contribution in [0.5, 0.6) is 0 Å². The summed E-state index contributed by atoms with van der Waals surface area (Å²) >= 11 is 14.4. The van der Waals surface area contributed by atoms with Crippen LogP contribution in [-0.4, -0.2) is 19.5 Å². The molecule has 0 radical (unpaired) electrons. The van der Waals surface area contributed by atoms with Crippen LogP contribution in [0.2, 0.25) is 0 Å². The van der Waals surface area contributed by atoms with Crippen LogP contribution in [0, 0.1) is 10.8 Å². The van der Waals surface area contributed by atoms with E-state index in [9.17, 15) is 4.79 Å². The molecule has 0 saturated carbocycles. The van der Waals surface area contributed by atoms with E-state index in [0.29, 0.717) is 0 Å². The first-order chi connectivity index (χ1) is 4.68. The molecule has 11 heavy (non-hydrogen) atoms. The van der Waals surface area contributed by atoms with Crippen molar-refractivity contribution < 1.29 is 34.7 Å². The molecule has 0 fully saturated rings. The average molecular weight is 248 g/mol. The highest BCUT2D eigenvalue weighted by atomic mass is 35.6. The van der Waals surface area contributed by atoms with Crippen LogP contribution in [0.3, 0.4) is 0 Å². The van der Waals surface area contributed by atoms with Crippen molar-refractivity contribution in [1.82, 2.24) is 0 Å². The molecule has 0 aliphatic heterocycles. The largest absolute Gasteiger partial charge is 0.478 e. The zero-order valence-corrected chi connectivity index (χ0v) is 7.65. The van der Waals surface area contributed by atoms with E-state index < -0.39 is 20.5 Å². The fourth-order valence-corrected chi connectivity index (χ4v) is 0. The summed E-state index contributed by atoms with van der Waals surface area (Å²) in [6.07, 6.45) is 0. The molecule has 2 N–H and O–H groups in total.